The fraction of sp³-hybridized carbons (Fsp3) is 0.250. The molecule has 7 heteroatoms. The van der Waals surface area contributed by atoms with E-state index in [9.17, 15) is 14.4 Å². The molecule has 1 unspecified atom stereocenters. The molecular weight excluding hydrogens is 348 g/mol. The van der Waals surface area contributed by atoms with Gasteiger partial charge in [0.15, 0.2) is 5.43 Å². The topological polar surface area (TPSA) is 102 Å². The molecule has 0 spiro atoms. The first-order valence-corrected chi connectivity index (χ1v) is 8.43. The second-order valence-electron chi connectivity index (χ2n) is 6.65. The lowest BCUT2D eigenvalue weighted by Gasteiger charge is -2.16. The van der Waals surface area contributed by atoms with Crippen LogP contribution in [0.3, 0.4) is 0 Å². The van der Waals surface area contributed by atoms with Gasteiger partial charge in [-0.15, -0.1) is 0 Å². The van der Waals surface area contributed by atoms with Crippen molar-refractivity contribution in [2.75, 3.05) is 0 Å². The van der Waals surface area contributed by atoms with Gasteiger partial charge in [0.25, 0.3) is 0 Å². The fourth-order valence-electron chi connectivity index (χ4n) is 3.16. The molecule has 7 nitrogen and oxygen atoms in total. The van der Waals surface area contributed by atoms with Crippen molar-refractivity contribution in [2.24, 2.45) is 7.05 Å². The molecule has 0 bridgehead atoms. The number of aryl methyl sites for hydroxylation is 2. The SMILES string of the molecule is Cc1cc(C(C)NC(=O)O)c2oc(-c3ccc(=O)n(C)c3)c(C)c(=O)c2c1. The highest BCUT2D eigenvalue weighted by Gasteiger charge is 2.19. The highest BCUT2D eigenvalue weighted by Crippen LogP contribution is 2.30. The fourth-order valence-corrected chi connectivity index (χ4v) is 3.16. The number of carboxylic acid groups (broad SMARTS) is 1. The van der Waals surface area contributed by atoms with Crippen molar-refractivity contribution < 1.29 is 14.3 Å². The first-order valence-electron chi connectivity index (χ1n) is 8.43. The minimum atomic E-state index is -1.16. The minimum Gasteiger partial charge on any atom is -0.465 e. The lowest BCUT2D eigenvalue weighted by molar-refractivity contribution is 0.191. The van der Waals surface area contributed by atoms with Gasteiger partial charge in [0.1, 0.15) is 11.3 Å². The summed E-state index contributed by atoms with van der Waals surface area (Å²) in [6, 6.07) is 5.97. The van der Waals surface area contributed by atoms with Gasteiger partial charge in [0.2, 0.25) is 5.56 Å². The molecule has 3 rings (SSSR count). The Morgan fingerprint density at radius 3 is 2.56 bits per heavy atom. The van der Waals surface area contributed by atoms with Crippen LogP contribution in [-0.4, -0.2) is 15.8 Å². The van der Waals surface area contributed by atoms with Gasteiger partial charge >= 0.3 is 6.09 Å². The summed E-state index contributed by atoms with van der Waals surface area (Å²) in [4.78, 5) is 35.7. The van der Waals surface area contributed by atoms with E-state index in [1.54, 1.807) is 45.3 Å². The van der Waals surface area contributed by atoms with E-state index in [1.807, 2.05) is 6.92 Å². The molecule has 2 heterocycles. The van der Waals surface area contributed by atoms with Gasteiger partial charge in [-0.05, 0) is 38.5 Å². The van der Waals surface area contributed by atoms with Gasteiger partial charge in [0.05, 0.1) is 11.4 Å². The summed E-state index contributed by atoms with van der Waals surface area (Å²) in [6.45, 7) is 5.20. The Bertz CT molecular complexity index is 1170. The molecule has 0 saturated heterocycles. The van der Waals surface area contributed by atoms with Crippen molar-refractivity contribution in [3.8, 4) is 11.3 Å². The number of aromatic nitrogens is 1. The molecule has 0 saturated carbocycles. The number of benzene rings is 1. The zero-order valence-corrected chi connectivity index (χ0v) is 15.5. The number of carbonyl (C=O) groups is 1. The third-order valence-corrected chi connectivity index (χ3v) is 4.55. The van der Waals surface area contributed by atoms with Gasteiger partial charge in [0, 0.05) is 36.0 Å². The Morgan fingerprint density at radius 1 is 1.22 bits per heavy atom. The number of hydrogen-bond acceptors (Lipinski definition) is 4. The van der Waals surface area contributed by atoms with E-state index >= 15 is 0 Å². The highest BCUT2D eigenvalue weighted by atomic mass is 16.4. The Hall–Kier alpha value is -3.35. The minimum absolute atomic E-state index is 0.171. The lowest BCUT2D eigenvalue weighted by Crippen LogP contribution is -2.25. The van der Waals surface area contributed by atoms with E-state index < -0.39 is 12.1 Å². The Balaban J connectivity index is 2.34. The van der Waals surface area contributed by atoms with Crippen LogP contribution in [0.4, 0.5) is 4.79 Å². The molecule has 1 aromatic carbocycles. The maximum atomic E-state index is 13.0. The van der Waals surface area contributed by atoms with E-state index in [0.29, 0.717) is 33.4 Å². The molecule has 2 N–H and O–H groups in total. The van der Waals surface area contributed by atoms with E-state index in [-0.39, 0.29) is 11.0 Å². The summed E-state index contributed by atoms with van der Waals surface area (Å²) in [5.41, 5.74) is 2.41. The van der Waals surface area contributed by atoms with Crippen LogP contribution >= 0.6 is 0 Å². The van der Waals surface area contributed by atoms with E-state index in [1.165, 1.54) is 10.6 Å². The molecule has 0 fully saturated rings. The van der Waals surface area contributed by atoms with Crippen LogP contribution in [-0.2, 0) is 7.05 Å². The van der Waals surface area contributed by atoms with Crippen LogP contribution in [0.1, 0.15) is 29.7 Å². The van der Waals surface area contributed by atoms with Crippen LogP contribution in [0.25, 0.3) is 22.3 Å². The van der Waals surface area contributed by atoms with Gasteiger partial charge < -0.3 is 19.4 Å². The molecule has 3 aromatic rings. The Morgan fingerprint density at radius 2 is 1.93 bits per heavy atom. The summed E-state index contributed by atoms with van der Waals surface area (Å²) in [6.07, 6.45) is 0.441. The molecule has 1 atom stereocenters. The second-order valence-corrected chi connectivity index (χ2v) is 6.65. The number of nitrogens with one attached hydrogen (secondary N) is 1. The quantitative estimate of drug-likeness (QED) is 0.740. The van der Waals surface area contributed by atoms with E-state index in [4.69, 9.17) is 9.52 Å². The second kappa shape index (κ2) is 6.75. The first-order chi connectivity index (χ1) is 12.7. The molecule has 140 valence electrons. The average molecular weight is 368 g/mol. The van der Waals surface area contributed by atoms with Crippen molar-refractivity contribution in [3.05, 3.63) is 67.7 Å². The summed E-state index contributed by atoms with van der Waals surface area (Å²) in [7, 11) is 1.62. The predicted molar refractivity (Wildman–Crippen MR) is 102 cm³/mol. The highest BCUT2D eigenvalue weighted by molar-refractivity contribution is 5.84. The van der Waals surface area contributed by atoms with Crippen LogP contribution in [0.2, 0.25) is 0 Å². The summed E-state index contributed by atoms with van der Waals surface area (Å²) >= 11 is 0. The first kappa shape index (κ1) is 18.4. The van der Waals surface area contributed by atoms with Crippen LogP contribution < -0.4 is 16.3 Å². The van der Waals surface area contributed by atoms with Crippen molar-refractivity contribution in [3.63, 3.8) is 0 Å². The van der Waals surface area contributed by atoms with Crippen molar-refractivity contribution in [1.82, 2.24) is 9.88 Å². The lowest BCUT2D eigenvalue weighted by atomic mass is 9.99. The number of rotatable bonds is 3. The normalized spacial score (nSPS) is 12.1. The molecule has 2 aromatic heterocycles. The molecule has 0 aliphatic rings. The smallest absolute Gasteiger partial charge is 0.405 e. The van der Waals surface area contributed by atoms with Gasteiger partial charge in [-0.25, -0.2) is 4.79 Å². The standard InChI is InChI=1S/C20H20N2O5/c1-10-7-14(12(3)21-20(25)26)19-15(8-10)17(24)11(2)18(27-19)13-5-6-16(23)22(4)9-13/h5-9,12,21H,1-4H3,(H,25,26). The summed E-state index contributed by atoms with van der Waals surface area (Å²) in [5.74, 6) is 0.357. The zero-order chi connectivity index (χ0) is 19.9. The van der Waals surface area contributed by atoms with E-state index in [0.717, 1.165) is 5.56 Å². The Labute approximate surface area is 154 Å². The molecular formula is C20H20N2O5. The van der Waals surface area contributed by atoms with E-state index in [2.05, 4.69) is 5.32 Å². The number of nitrogens with zero attached hydrogens (tertiary/aromatic N) is 1. The molecule has 0 radical (unpaired) electrons. The summed E-state index contributed by atoms with van der Waals surface area (Å²) in [5, 5.41) is 11.8. The van der Waals surface area contributed by atoms with Crippen LogP contribution in [0.5, 0.6) is 0 Å². The van der Waals surface area contributed by atoms with Crippen LogP contribution in [0.15, 0.2) is 44.5 Å². The largest absolute Gasteiger partial charge is 0.465 e. The molecule has 0 aliphatic heterocycles. The Kier molecular flexibility index (Phi) is 4.61. The van der Waals surface area contributed by atoms with Gasteiger partial charge in [-0.3, -0.25) is 9.59 Å². The zero-order valence-electron chi connectivity index (χ0n) is 15.5. The van der Waals surface area contributed by atoms with Crippen molar-refractivity contribution >= 4 is 17.1 Å². The molecule has 0 aliphatic carbocycles. The molecule has 1 amide bonds. The number of amides is 1. The third-order valence-electron chi connectivity index (χ3n) is 4.55. The maximum absolute atomic E-state index is 13.0. The number of hydrogen-bond donors (Lipinski definition) is 2. The third kappa shape index (κ3) is 3.36. The van der Waals surface area contributed by atoms with Gasteiger partial charge in [-0.2, -0.15) is 0 Å². The molecule has 27 heavy (non-hydrogen) atoms. The van der Waals surface area contributed by atoms with Crippen molar-refractivity contribution in [2.45, 2.75) is 26.8 Å². The van der Waals surface area contributed by atoms with Crippen molar-refractivity contribution in [1.29, 1.82) is 0 Å². The monoisotopic (exact) mass is 368 g/mol. The summed E-state index contributed by atoms with van der Waals surface area (Å²) < 4.78 is 7.50. The van der Waals surface area contributed by atoms with Gasteiger partial charge in [-0.1, -0.05) is 6.07 Å². The van der Waals surface area contributed by atoms with Crippen LogP contribution in [0, 0.1) is 13.8 Å². The average Bonchev–Trinajstić information content (AvgIpc) is 2.59. The number of fused-ring (bicyclic) bond motifs is 1. The predicted octanol–water partition coefficient (Wildman–Crippen LogP) is 3.10. The number of pyridine rings is 1. The maximum Gasteiger partial charge on any atom is 0.405 e.